The molecule has 1 aromatic carbocycles. The molecule has 192 valence electrons. The monoisotopic (exact) mass is 520 g/mol. The van der Waals surface area contributed by atoms with Crippen molar-refractivity contribution in [2.75, 3.05) is 25.0 Å². The molecule has 4 heterocycles. The molecule has 1 saturated heterocycles. The van der Waals surface area contributed by atoms with Crippen molar-refractivity contribution in [1.82, 2.24) is 25.6 Å². The first-order valence-corrected chi connectivity index (χ1v) is 13.3. The Morgan fingerprint density at radius 3 is 2.92 bits per heavy atom. The molecule has 0 spiro atoms. The largest absolute Gasteiger partial charge is 0.487 e. The van der Waals surface area contributed by atoms with Gasteiger partial charge in [-0.2, -0.15) is 0 Å². The number of hydrogen-bond acceptors (Lipinski definition) is 8. The van der Waals surface area contributed by atoms with Crippen LogP contribution in [0, 0.1) is 12.7 Å². The van der Waals surface area contributed by atoms with Crippen LogP contribution >= 0.6 is 11.3 Å². The maximum absolute atomic E-state index is 14.1. The average Bonchev–Trinajstić information content (AvgIpc) is 3.26. The molecule has 0 bridgehead atoms. The number of rotatable bonds is 9. The van der Waals surface area contributed by atoms with Gasteiger partial charge in [0.25, 0.3) is 5.91 Å². The summed E-state index contributed by atoms with van der Waals surface area (Å²) in [5.74, 6) is 0.484. The molecule has 1 aliphatic rings. The Hall–Kier alpha value is -3.63. The van der Waals surface area contributed by atoms with Gasteiger partial charge in [0.2, 0.25) is 0 Å². The number of halogens is 1. The van der Waals surface area contributed by atoms with Crippen molar-refractivity contribution in [2.24, 2.45) is 0 Å². The van der Waals surface area contributed by atoms with Gasteiger partial charge >= 0.3 is 0 Å². The van der Waals surface area contributed by atoms with E-state index in [9.17, 15) is 9.18 Å². The fourth-order valence-corrected chi connectivity index (χ4v) is 5.50. The van der Waals surface area contributed by atoms with Crippen LogP contribution in [0.1, 0.15) is 40.1 Å². The molecular formula is C27H29FN6O2S. The number of pyridine rings is 1. The average molecular weight is 521 g/mol. The SMILES string of the molecule is Cc1c(C(=O)NCCCc2ccncc2)sc2ncnc(Nc3ccc(F)cc3OC3CCCNC3)c12. The lowest BCUT2D eigenvalue weighted by molar-refractivity contribution is 0.0957. The van der Waals surface area contributed by atoms with E-state index in [0.29, 0.717) is 33.5 Å². The van der Waals surface area contributed by atoms with Gasteiger partial charge in [-0.3, -0.25) is 9.78 Å². The number of amides is 1. The highest BCUT2D eigenvalue weighted by atomic mass is 32.1. The molecule has 0 radical (unpaired) electrons. The van der Waals surface area contributed by atoms with Crippen molar-refractivity contribution < 1.29 is 13.9 Å². The smallest absolute Gasteiger partial charge is 0.261 e. The van der Waals surface area contributed by atoms with Crippen molar-refractivity contribution in [2.45, 2.75) is 38.7 Å². The van der Waals surface area contributed by atoms with Crippen molar-refractivity contribution in [1.29, 1.82) is 0 Å². The Bertz CT molecular complexity index is 1370. The van der Waals surface area contributed by atoms with Crippen molar-refractivity contribution in [3.63, 3.8) is 0 Å². The lowest BCUT2D eigenvalue weighted by Crippen LogP contribution is -2.37. The molecule has 10 heteroatoms. The van der Waals surface area contributed by atoms with Crippen LogP contribution in [-0.2, 0) is 6.42 Å². The predicted molar refractivity (Wildman–Crippen MR) is 143 cm³/mol. The van der Waals surface area contributed by atoms with E-state index >= 15 is 0 Å². The zero-order valence-corrected chi connectivity index (χ0v) is 21.4. The second kappa shape index (κ2) is 11.6. The van der Waals surface area contributed by atoms with Gasteiger partial charge in [0.1, 0.15) is 34.6 Å². The second-order valence-electron chi connectivity index (χ2n) is 9.03. The van der Waals surface area contributed by atoms with E-state index in [2.05, 4.69) is 30.9 Å². The number of carbonyl (C=O) groups excluding carboxylic acids is 1. The Morgan fingerprint density at radius 2 is 2.11 bits per heavy atom. The highest BCUT2D eigenvalue weighted by molar-refractivity contribution is 7.20. The van der Waals surface area contributed by atoms with Gasteiger partial charge < -0.3 is 20.7 Å². The summed E-state index contributed by atoms with van der Waals surface area (Å²) >= 11 is 1.34. The van der Waals surface area contributed by atoms with E-state index in [1.807, 2.05) is 19.1 Å². The first-order chi connectivity index (χ1) is 18.1. The molecule has 1 unspecified atom stereocenters. The fraction of sp³-hybridized carbons (Fsp3) is 0.333. The third kappa shape index (κ3) is 6.03. The number of carbonyl (C=O) groups is 1. The van der Waals surface area contributed by atoms with Crippen molar-refractivity contribution >= 4 is 39.0 Å². The second-order valence-corrected chi connectivity index (χ2v) is 10.0. The van der Waals surface area contributed by atoms with E-state index in [0.717, 1.165) is 49.7 Å². The summed E-state index contributed by atoms with van der Waals surface area (Å²) in [5, 5.41) is 10.4. The zero-order chi connectivity index (χ0) is 25.6. The number of aryl methyl sites for hydroxylation is 2. The van der Waals surface area contributed by atoms with Crippen LogP contribution in [0.25, 0.3) is 10.2 Å². The summed E-state index contributed by atoms with van der Waals surface area (Å²) in [7, 11) is 0. The first kappa shape index (κ1) is 25.0. The quantitative estimate of drug-likeness (QED) is 0.273. The minimum atomic E-state index is -0.369. The van der Waals surface area contributed by atoms with Gasteiger partial charge in [-0.05, 0) is 74.5 Å². The number of nitrogens with zero attached hydrogens (tertiary/aromatic N) is 3. The standard InChI is InChI=1S/C27H29FN6O2S/c1-17-23-25(34-21-7-6-19(28)14-22(21)36-20-5-3-10-30-15-20)32-16-33-27(23)37-24(17)26(35)31-11-2-4-18-8-12-29-13-9-18/h6-9,12-14,16,20,30H,2-5,10-11,15H2,1H3,(H,31,35)(H,32,33,34). The number of ether oxygens (including phenoxy) is 1. The van der Waals surface area contributed by atoms with Crippen LogP contribution in [0.5, 0.6) is 5.75 Å². The molecule has 5 rings (SSSR count). The summed E-state index contributed by atoms with van der Waals surface area (Å²) in [6, 6.07) is 8.38. The van der Waals surface area contributed by atoms with E-state index in [1.165, 1.54) is 35.4 Å². The Labute approximate surface area is 218 Å². The lowest BCUT2D eigenvalue weighted by Gasteiger charge is -2.25. The minimum Gasteiger partial charge on any atom is -0.487 e. The van der Waals surface area contributed by atoms with E-state index in [-0.39, 0.29) is 17.8 Å². The van der Waals surface area contributed by atoms with Gasteiger partial charge in [0.05, 0.1) is 16.0 Å². The number of fused-ring (bicyclic) bond motifs is 1. The van der Waals surface area contributed by atoms with Crippen LogP contribution in [0.3, 0.4) is 0 Å². The molecule has 1 aliphatic heterocycles. The highest BCUT2D eigenvalue weighted by Gasteiger charge is 2.21. The molecule has 3 N–H and O–H groups in total. The van der Waals surface area contributed by atoms with Crippen molar-refractivity contribution in [3.05, 3.63) is 70.9 Å². The molecular weight excluding hydrogens is 491 g/mol. The highest BCUT2D eigenvalue weighted by Crippen LogP contribution is 2.37. The molecule has 0 aliphatic carbocycles. The van der Waals surface area contributed by atoms with Crippen molar-refractivity contribution in [3.8, 4) is 5.75 Å². The van der Waals surface area contributed by atoms with Crippen LogP contribution in [0.4, 0.5) is 15.9 Å². The minimum absolute atomic E-state index is 0.0294. The summed E-state index contributed by atoms with van der Waals surface area (Å²) in [6.07, 6.45) is 8.60. The topological polar surface area (TPSA) is 101 Å². The summed E-state index contributed by atoms with van der Waals surface area (Å²) in [4.78, 5) is 27.2. The molecule has 4 aromatic rings. The van der Waals surface area contributed by atoms with E-state index < -0.39 is 0 Å². The Kier molecular flexibility index (Phi) is 7.86. The summed E-state index contributed by atoms with van der Waals surface area (Å²) in [6.45, 7) is 4.15. The van der Waals surface area contributed by atoms with E-state index in [4.69, 9.17) is 4.74 Å². The molecule has 1 fully saturated rings. The van der Waals surface area contributed by atoms with Crippen LogP contribution in [-0.4, -0.2) is 46.6 Å². The van der Waals surface area contributed by atoms with Gasteiger partial charge in [0, 0.05) is 31.5 Å². The maximum Gasteiger partial charge on any atom is 0.261 e. The normalized spacial score (nSPS) is 15.5. The van der Waals surface area contributed by atoms with Crippen LogP contribution in [0.15, 0.2) is 49.1 Å². The molecule has 3 aromatic heterocycles. The van der Waals surface area contributed by atoms with Gasteiger partial charge in [-0.25, -0.2) is 14.4 Å². The van der Waals surface area contributed by atoms with Gasteiger partial charge in [0.15, 0.2) is 0 Å². The van der Waals surface area contributed by atoms with Gasteiger partial charge in [-0.1, -0.05) is 0 Å². The number of aromatic nitrogens is 3. The number of piperidine rings is 1. The Balaban J connectivity index is 1.32. The summed E-state index contributed by atoms with van der Waals surface area (Å²) in [5.41, 5.74) is 2.60. The molecule has 8 nitrogen and oxygen atoms in total. The third-order valence-corrected chi connectivity index (χ3v) is 7.55. The number of anilines is 2. The summed E-state index contributed by atoms with van der Waals surface area (Å²) < 4.78 is 20.2. The number of nitrogens with one attached hydrogen (secondary N) is 3. The van der Waals surface area contributed by atoms with Crippen LogP contribution in [0.2, 0.25) is 0 Å². The third-order valence-electron chi connectivity index (χ3n) is 6.35. The molecule has 37 heavy (non-hydrogen) atoms. The van der Waals surface area contributed by atoms with Crippen LogP contribution < -0.4 is 20.7 Å². The number of thiophene rings is 1. The first-order valence-electron chi connectivity index (χ1n) is 12.4. The Morgan fingerprint density at radius 1 is 1.24 bits per heavy atom. The number of benzene rings is 1. The molecule has 0 saturated carbocycles. The lowest BCUT2D eigenvalue weighted by atomic mass is 10.1. The maximum atomic E-state index is 14.1. The van der Waals surface area contributed by atoms with Gasteiger partial charge in [-0.15, -0.1) is 11.3 Å². The predicted octanol–water partition coefficient (Wildman–Crippen LogP) is 4.77. The fourth-order valence-electron chi connectivity index (χ4n) is 4.43. The van der Waals surface area contributed by atoms with E-state index in [1.54, 1.807) is 18.5 Å². The molecule has 1 amide bonds. The molecule has 1 atom stereocenters. The number of hydrogen-bond donors (Lipinski definition) is 3. The zero-order valence-electron chi connectivity index (χ0n) is 20.6.